The fourth-order valence-electron chi connectivity index (χ4n) is 3.20. The molecule has 0 unspecified atom stereocenters. The van der Waals surface area contributed by atoms with E-state index in [9.17, 15) is 30.8 Å². The molecule has 1 aliphatic rings. The van der Waals surface area contributed by atoms with E-state index in [0.29, 0.717) is 0 Å². The molecule has 2 heterocycles. The van der Waals surface area contributed by atoms with Gasteiger partial charge in [0.2, 0.25) is 26.0 Å². The third kappa shape index (κ3) is 4.90. The van der Waals surface area contributed by atoms with E-state index in [-0.39, 0.29) is 42.5 Å². The van der Waals surface area contributed by atoms with Crippen LogP contribution in [0.2, 0.25) is 0 Å². The summed E-state index contributed by atoms with van der Waals surface area (Å²) in [5.41, 5.74) is -0.539. The van der Waals surface area contributed by atoms with E-state index in [1.165, 1.54) is 41.5 Å². The molecule has 1 amide bonds. The van der Waals surface area contributed by atoms with Crippen molar-refractivity contribution < 1.29 is 26.0 Å². The monoisotopic (exact) mass is 486 g/mol. The fourth-order valence-corrected chi connectivity index (χ4v) is 5.57. The Hall–Kier alpha value is -2.61. The molecule has 1 aromatic heterocycles. The molecule has 174 valence electrons. The van der Waals surface area contributed by atoms with Crippen molar-refractivity contribution in [2.24, 2.45) is 0 Å². The number of hydrogen-bond acceptors (Lipinski definition) is 6. The molecule has 0 N–H and O–H groups in total. The van der Waals surface area contributed by atoms with E-state index in [4.69, 9.17) is 0 Å². The number of carbonyl (C=O) groups is 1. The van der Waals surface area contributed by atoms with Crippen molar-refractivity contribution in [1.29, 1.82) is 0 Å². The minimum Gasteiger partial charge on any atom is -0.339 e. The van der Waals surface area contributed by atoms with Crippen molar-refractivity contribution >= 4 is 26.0 Å². The molecule has 10 nitrogen and oxygen atoms in total. The molecular formula is C19H23FN4O6S2. The van der Waals surface area contributed by atoms with E-state index >= 15 is 0 Å². The summed E-state index contributed by atoms with van der Waals surface area (Å²) in [5, 5.41) is 0. The molecule has 32 heavy (non-hydrogen) atoms. The molecule has 0 saturated carbocycles. The summed E-state index contributed by atoms with van der Waals surface area (Å²) in [4.78, 5) is 25.9. The molecule has 0 atom stereocenters. The molecule has 0 spiro atoms. The van der Waals surface area contributed by atoms with Gasteiger partial charge in [-0.25, -0.2) is 25.5 Å². The van der Waals surface area contributed by atoms with Crippen LogP contribution < -0.4 is 5.56 Å². The van der Waals surface area contributed by atoms with E-state index in [0.717, 1.165) is 33.3 Å². The van der Waals surface area contributed by atoms with Gasteiger partial charge in [-0.3, -0.25) is 9.59 Å². The van der Waals surface area contributed by atoms with Crippen molar-refractivity contribution in [2.75, 3.05) is 40.3 Å². The topological polar surface area (TPSA) is 117 Å². The number of halogens is 1. The SMILES string of the molecule is CN(C)S(=O)(=O)c1ccc(=O)n(CC(=O)N2CCN(S(=O)(=O)c3cccc(F)c3)CC2)c1. The van der Waals surface area contributed by atoms with Crippen molar-refractivity contribution in [2.45, 2.75) is 16.3 Å². The standard InChI is InChI=1S/C19H23FN4O6S2/c1-21(2)31(27,28)17-6-7-18(25)23(13-17)14-19(26)22-8-10-24(11-9-22)32(29,30)16-5-3-4-15(20)12-16/h3-7,12-13H,8-11,14H2,1-2H3. The molecule has 0 bridgehead atoms. The van der Waals surface area contributed by atoms with Crippen LogP contribution in [0.5, 0.6) is 0 Å². The molecule has 3 rings (SSSR count). The Kier molecular flexibility index (Phi) is 6.83. The first-order chi connectivity index (χ1) is 14.9. The molecule has 1 aliphatic heterocycles. The Bertz CT molecular complexity index is 1280. The zero-order valence-corrected chi connectivity index (χ0v) is 19.1. The smallest absolute Gasteiger partial charge is 0.251 e. The Morgan fingerprint density at radius 2 is 1.66 bits per heavy atom. The number of piperazine rings is 1. The van der Waals surface area contributed by atoms with Crippen LogP contribution in [0.25, 0.3) is 0 Å². The van der Waals surface area contributed by atoms with Crippen molar-refractivity contribution in [3.05, 3.63) is 58.8 Å². The van der Waals surface area contributed by atoms with E-state index in [1.54, 1.807) is 0 Å². The molecule has 13 heteroatoms. The first kappa shape index (κ1) is 24.0. The lowest BCUT2D eigenvalue weighted by atomic mass is 10.3. The molecule has 1 aromatic carbocycles. The van der Waals surface area contributed by atoms with Crippen LogP contribution in [0.1, 0.15) is 0 Å². The van der Waals surface area contributed by atoms with Crippen LogP contribution in [-0.2, 0) is 31.4 Å². The van der Waals surface area contributed by atoms with Crippen molar-refractivity contribution in [3.8, 4) is 0 Å². The zero-order valence-electron chi connectivity index (χ0n) is 17.5. The van der Waals surface area contributed by atoms with Gasteiger partial charge < -0.3 is 9.47 Å². The average Bonchev–Trinajstić information content (AvgIpc) is 2.75. The predicted octanol–water partition coefficient (Wildman–Crippen LogP) is -0.229. The number of carbonyl (C=O) groups excluding carboxylic acids is 1. The molecule has 1 fully saturated rings. The molecule has 0 radical (unpaired) electrons. The third-order valence-electron chi connectivity index (χ3n) is 5.07. The Balaban J connectivity index is 1.70. The highest BCUT2D eigenvalue weighted by molar-refractivity contribution is 7.89. The van der Waals surface area contributed by atoms with Gasteiger partial charge in [-0.05, 0) is 24.3 Å². The second kappa shape index (κ2) is 9.10. The van der Waals surface area contributed by atoms with Crippen molar-refractivity contribution in [3.63, 3.8) is 0 Å². The summed E-state index contributed by atoms with van der Waals surface area (Å²) in [5.74, 6) is -1.11. The molecule has 1 saturated heterocycles. The molecule has 2 aromatic rings. The first-order valence-corrected chi connectivity index (χ1v) is 12.5. The highest BCUT2D eigenvalue weighted by atomic mass is 32.2. The molecule has 0 aliphatic carbocycles. The quantitative estimate of drug-likeness (QED) is 0.557. The van der Waals surface area contributed by atoms with Crippen LogP contribution in [0.3, 0.4) is 0 Å². The number of hydrogen-bond donors (Lipinski definition) is 0. The maximum Gasteiger partial charge on any atom is 0.251 e. The first-order valence-electron chi connectivity index (χ1n) is 9.59. The summed E-state index contributed by atoms with van der Waals surface area (Å²) in [6, 6.07) is 6.95. The summed E-state index contributed by atoms with van der Waals surface area (Å²) >= 11 is 0. The molecular weight excluding hydrogens is 463 g/mol. The lowest BCUT2D eigenvalue weighted by molar-refractivity contribution is -0.133. The minimum atomic E-state index is -3.90. The zero-order chi connectivity index (χ0) is 23.7. The summed E-state index contributed by atoms with van der Waals surface area (Å²) in [6.07, 6.45) is 1.11. The lowest BCUT2D eigenvalue weighted by Crippen LogP contribution is -2.51. The largest absolute Gasteiger partial charge is 0.339 e. The summed E-state index contributed by atoms with van der Waals surface area (Å²) < 4.78 is 66.5. The maximum absolute atomic E-state index is 13.4. The third-order valence-corrected chi connectivity index (χ3v) is 8.76. The van der Waals surface area contributed by atoms with Gasteiger partial charge in [-0.15, -0.1) is 0 Å². The highest BCUT2D eigenvalue weighted by Crippen LogP contribution is 2.19. The lowest BCUT2D eigenvalue weighted by Gasteiger charge is -2.34. The Labute approximate surface area is 185 Å². The second-order valence-corrected chi connectivity index (χ2v) is 11.5. The highest BCUT2D eigenvalue weighted by Gasteiger charge is 2.30. The van der Waals surface area contributed by atoms with Crippen LogP contribution in [0.15, 0.2) is 57.2 Å². The number of sulfonamides is 2. The predicted molar refractivity (Wildman–Crippen MR) is 113 cm³/mol. The minimum absolute atomic E-state index is 0.00847. The van der Waals surface area contributed by atoms with Crippen LogP contribution in [-0.4, -0.2) is 81.1 Å². The summed E-state index contributed by atoms with van der Waals surface area (Å²) in [6.45, 7) is -0.203. The van der Waals surface area contributed by atoms with Gasteiger partial charge in [0.05, 0.1) is 9.79 Å². The van der Waals surface area contributed by atoms with Gasteiger partial charge >= 0.3 is 0 Å². The average molecular weight is 487 g/mol. The van der Waals surface area contributed by atoms with Crippen molar-refractivity contribution in [1.82, 2.24) is 18.1 Å². The number of aromatic nitrogens is 1. The van der Waals surface area contributed by atoms with Crippen LogP contribution >= 0.6 is 0 Å². The van der Waals surface area contributed by atoms with Gasteiger partial charge in [0.25, 0.3) is 5.56 Å². The van der Waals surface area contributed by atoms with Gasteiger partial charge in [0.1, 0.15) is 12.4 Å². The number of rotatable bonds is 6. The second-order valence-electron chi connectivity index (χ2n) is 7.36. The number of amides is 1. The Morgan fingerprint density at radius 1 is 1.00 bits per heavy atom. The van der Waals surface area contributed by atoms with Gasteiger partial charge in [-0.1, -0.05) is 6.07 Å². The van der Waals surface area contributed by atoms with E-state index in [1.807, 2.05) is 0 Å². The van der Waals surface area contributed by atoms with E-state index < -0.39 is 37.3 Å². The Morgan fingerprint density at radius 3 is 2.25 bits per heavy atom. The summed E-state index contributed by atoms with van der Waals surface area (Å²) in [7, 11) is -4.97. The van der Waals surface area contributed by atoms with Gasteiger partial charge in [-0.2, -0.15) is 4.31 Å². The normalized spacial score (nSPS) is 15.8. The number of pyridine rings is 1. The number of benzene rings is 1. The number of nitrogens with zero attached hydrogens (tertiary/aromatic N) is 4. The van der Waals surface area contributed by atoms with E-state index in [2.05, 4.69) is 0 Å². The maximum atomic E-state index is 13.4. The van der Waals surface area contributed by atoms with Gasteiger partial charge in [0.15, 0.2) is 0 Å². The van der Waals surface area contributed by atoms with Crippen LogP contribution in [0, 0.1) is 5.82 Å². The van der Waals surface area contributed by atoms with Gasteiger partial charge in [0, 0.05) is 52.5 Å². The van der Waals surface area contributed by atoms with Crippen LogP contribution in [0.4, 0.5) is 4.39 Å². The fraction of sp³-hybridized carbons (Fsp3) is 0.368.